The quantitative estimate of drug-likeness (QED) is 0.692. The lowest BCUT2D eigenvalue weighted by Crippen LogP contribution is -2.40. The summed E-state index contributed by atoms with van der Waals surface area (Å²) in [6, 6.07) is 3.49. The number of hydrogen-bond donors (Lipinski definition) is 2. The van der Waals surface area contributed by atoms with Gasteiger partial charge in [-0.1, -0.05) is 0 Å². The van der Waals surface area contributed by atoms with Gasteiger partial charge in [0.15, 0.2) is 0 Å². The van der Waals surface area contributed by atoms with Crippen molar-refractivity contribution in [2.75, 3.05) is 25.0 Å². The molecule has 0 fully saturated rings. The van der Waals surface area contributed by atoms with E-state index in [2.05, 4.69) is 10.3 Å². The summed E-state index contributed by atoms with van der Waals surface area (Å²) in [6.07, 6.45) is 3.20. The molecular weight excluding hydrogens is 208 g/mol. The van der Waals surface area contributed by atoms with Gasteiger partial charge in [-0.05, 0) is 12.1 Å². The van der Waals surface area contributed by atoms with Crippen LogP contribution in [-0.2, 0) is 9.59 Å². The average Bonchev–Trinajstić information content (AvgIpc) is 2.35. The van der Waals surface area contributed by atoms with Crippen molar-refractivity contribution < 1.29 is 9.59 Å². The Labute approximate surface area is 93.4 Å². The van der Waals surface area contributed by atoms with Crippen molar-refractivity contribution >= 4 is 17.5 Å². The summed E-state index contributed by atoms with van der Waals surface area (Å²) in [6.45, 7) is -0.189. The Morgan fingerprint density at radius 1 is 1.56 bits per heavy atom. The molecule has 16 heavy (non-hydrogen) atoms. The fourth-order valence-electron chi connectivity index (χ4n) is 1.06. The molecule has 1 rings (SSSR count). The van der Waals surface area contributed by atoms with Gasteiger partial charge in [0.2, 0.25) is 11.8 Å². The van der Waals surface area contributed by atoms with Crippen LogP contribution in [0, 0.1) is 0 Å². The number of carbonyl (C=O) groups excluding carboxylic acids is 2. The van der Waals surface area contributed by atoms with Crippen LogP contribution in [0.5, 0.6) is 0 Å². The molecule has 0 saturated carbocycles. The normalized spacial score (nSPS) is 9.62. The summed E-state index contributed by atoms with van der Waals surface area (Å²) in [5, 5.41) is 2.41. The molecular formula is C10H14N4O2. The first kappa shape index (κ1) is 12.1. The standard InChI is InChI=1S/C10H14N4O2/c1-14(8-3-2-4-12-6-8)10(16)7-13-9(15)5-11/h2-4,6H,5,7,11H2,1H3,(H,13,15). The third kappa shape index (κ3) is 3.32. The first-order valence-corrected chi connectivity index (χ1v) is 4.78. The second kappa shape index (κ2) is 5.82. The number of amides is 2. The smallest absolute Gasteiger partial charge is 0.246 e. The van der Waals surface area contributed by atoms with Crippen LogP contribution in [0.2, 0.25) is 0 Å². The Morgan fingerprint density at radius 2 is 2.31 bits per heavy atom. The Hall–Kier alpha value is -1.95. The summed E-state index contributed by atoms with van der Waals surface area (Å²) in [4.78, 5) is 27.8. The second-order valence-corrected chi connectivity index (χ2v) is 3.14. The van der Waals surface area contributed by atoms with E-state index in [1.807, 2.05) is 0 Å². The Bertz CT molecular complexity index is 366. The molecule has 0 aliphatic carbocycles. The molecule has 0 atom stereocenters. The van der Waals surface area contributed by atoms with Crippen molar-refractivity contribution in [3.8, 4) is 0 Å². The number of aromatic nitrogens is 1. The number of nitrogens with two attached hydrogens (primary N) is 1. The molecule has 0 bridgehead atoms. The third-order valence-electron chi connectivity index (χ3n) is 2.03. The van der Waals surface area contributed by atoms with Gasteiger partial charge in [0.05, 0.1) is 25.0 Å². The summed E-state index contributed by atoms with van der Waals surface area (Å²) < 4.78 is 0. The minimum absolute atomic E-state index is 0.0680. The number of rotatable bonds is 4. The molecule has 0 aliphatic rings. The molecule has 1 aromatic rings. The van der Waals surface area contributed by atoms with E-state index in [0.29, 0.717) is 5.69 Å². The van der Waals surface area contributed by atoms with Crippen LogP contribution in [0.4, 0.5) is 5.69 Å². The van der Waals surface area contributed by atoms with E-state index < -0.39 is 0 Å². The van der Waals surface area contributed by atoms with Crippen molar-refractivity contribution in [2.24, 2.45) is 5.73 Å². The van der Waals surface area contributed by atoms with Crippen LogP contribution in [-0.4, -0.2) is 36.9 Å². The topological polar surface area (TPSA) is 88.3 Å². The molecule has 2 amide bonds. The zero-order chi connectivity index (χ0) is 12.0. The molecule has 0 radical (unpaired) electrons. The lowest BCUT2D eigenvalue weighted by atomic mass is 10.3. The predicted octanol–water partition coefficient (Wildman–Crippen LogP) is -0.881. The zero-order valence-corrected chi connectivity index (χ0v) is 9.01. The van der Waals surface area contributed by atoms with Gasteiger partial charge in [-0.25, -0.2) is 0 Å². The fourth-order valence-corrected chi connectivity index (χ4v) is 1.06. The maximum atomic E-state index is 11.6. The Morgan fingerprint density at radius 3 is 2.88 bits per heavy atom. The van der Waals surface area contributed by atoms with Crippen molar-refractivity contribution in [2.45, 2.75) is 0 Å². The van der Waals surface area contributed by atoms with Crippen molar-refractivity contribution in [3.05, 3.63) is 24.5 Å². The number of anilines is 1. The minimum Gasteiger partial charge on any atom is -0.346 e. The molecule has 0 unspecified atom stereocenters. The molecule has 1 aromatic heterocycles. The van der Waals surface area contributed by atoms with Gasteiger partial charge < -0.3 is 16.0 Å². The molecule has 0 spiro atoms. The number of carbonyl (C=O) groups is 2. The van der Waals surface area contributed by atoms with E-state index in [9.17, 15) is 9.59 Å². The highest BCUT2D eigenvalue weighted by molar-refractivity contribution is 5.96. The second-order valence-electron chi connectivity index (χ2n) is 3.14. The van der Waals surface area contributed by atoms with Crippen molar-refractivity contribution in [3.63, 3.8) is 0 Å². The van der Waals surface area contributed by atoms with Gasteiger partial charge in [0, 0.05) is 13.2 Å². The molecule has 0 aliphatic heterocycles. The van der Waals surface area contributed by atoms with Gasteiger partial charge in [-0.15, -0.1) is 0 Å². The highest BCUT2D eigenvalue weighted by Crippen LogP contribution is 2.08. The number of hydrogen-bond acceptors (Lipinski definition) is 4. The van der Waals surface area contributed by atoms with Crippen molar-refractivity contribution in [1.29, 1.82) is 0 Å². The van der Waals surface area contributed by atoms with E-state index in [0.717, 1.165) is 0 Å². The summed E-state index contributed by atoms with van der Waals surface area (Å²) in [5.41, 5.74) is 5.77. The molecule has 1 heterocycles. The lowest BCUT2D eigenvalue weighted by molar-refractivity contribution is -0.124. The predicted molar refractivity (Wildman–Crippen MR) is 59.7 cm³/mol. The van der Waals surface area contributed by atoms with Crippen LogP contribution in [0.25, 0.3) is 0 Å². The lowest BCUT2D eigenvalue weighted by Gasteiger charge is -2.16. The maximum absolute atomic E-state index is 11.6. The highest BCUT2D eigenvalue weighted by Gasteiger charge is 2.11. The van der Waals surface area contributed by atoms with Crippen LogP contribution >= 0.6 is 0 Å². The monoisotopic (exact) mass is 222 g/mol. The van der Waals surface area contributed by atoms with Crippen LogP contribution in [0.15, 0.2) is 24.5 Å². The average molecular weight is 222 g/mol. The Balaban J connectivity index is 2.52. The molecule has 6 nitrogen and oxygen atoms in total. The Kier molecular flexibility index (Phi) is 4.41. The van der Waals surface area contributed by atoms with E-state index in [-0.39, 0.29) is 24.9 Å². The fraction of sp³-hybridized carbons (Fsp3) is 0.300. The molecule has 3 N–H and O–H groups in total. The third-order valence-corrected chi connectivity index (χ3v) is 2.03. The molecule has 0 aromatic carbocycles. The number of likely N-dealkylation sites (N-methyl/N-ethyl adjacent to an activating group) is 1. The van der Waals surface area contributed by atoms with Gasteiger partial charge >= 0.3 is 0 Å². The molecule has 0 saturated heterocycles. The molecule has 86 valence electrons. The number of nitrogens with zero attached hydrogens (tertiary/aromatic N) is 2. The van der Waals surface area contributed by atoms with Crippen molar-refractivity contribution in [1.82, 2.24) is 10.3 Å². The van der Waals surface area contributed by atoms with E-state index >= 15 is 0 Å². The first-order valence-electron chi connectivity index (χ1n) is 4.78. The summed E-state index contributed by atoms with van der Waals surface area (Å²) in [7, 11) is 1.62. The molecule has 6 heteroatoms. The van der Waals surface area contributed by atoms with Gasteiger partial charge in [0.1, 0.15) is 0 Å². The van der Waals surface area contributed by atoms with E-state index in [1.165, 1.54) is 4.90 Å². The SMILES string of the molecule is CN(C(=O)CNC(=O)CN)c1cccnc1. The summed E-state index contributed by atoms with van der Waals surface area (Å²) in [5.74, 6) is -0.581. The van der Waals surface area contributed by atoms with Gasteiger partial charge in [0.25, 0.3) is 0 Å². The van der Waals surface area contributed by atoms with E-state index in [4.69, 9.17) is 5.73 Å². The first-order chi connectivity index (χ1) is 7.65. The number of pyridine rings is 1. The van der Waals surface area contributed by atoms with Crippen LogP contribution in [0.3, 0.4) is 0 Å². The highest BCUT2D eigenvalue weighted by atomic mass is 16.2. The van der Waals surface area contributed by atoms with Gasteiger partial charge in [-0.2, -0.15) is 0 Å². The zero-order valence-electron chi connectivity index (χ0n) is 9.01. The van der Waals surface area contributed by atoms with Crippen LogP contribution < -0.4 is 16.0 Å². The maximum Gasteiger partial charge on any atom is 0.246 e. The largest absolute Gasteiger partial charge is 0.346 e. The van der Waals surface area contributed by atoms with E-state index in [1.54, 1.807) is 31.6 Å². The summed E-state index contributed by atoms with van der Waals surface area (Å²) >= 11 is 0. The van der Waals surface area contributed by atoms with Crippen LogP contribution in [0.1, 0.15) is 0 Å². The minimum atomic E-state index is -0.354. The number of nitrogens with one attached hydrogen (secondary N) is 1. The van der Waals surface area contributed by atoms with Gasteiger partial charge in [-0.3, -0.25) is 14.6 Å².